The third kappa shape index (κ3) is 5.24. The van der Waals surface area contributed by atoms with Crippen LogP contribution in [0.2, 0.25) is 0 Å². The van der Waals surface area contributed by atoms with E-state index in [-0.39, 0.29) is 5.78 Å². The van der Waals surface area contributed by atoms with Gasteiger partial charge in [0.1, 0.15) is 5.75 Å². The Hall–Kier alpha value is -3.48. The molecule has 0 amide bonds. The van der Waals surface area contributed by atoms with E-state index in [0.717, 1.165) is 17.9 Å². The summed E-state index contributed by atoms with van der Waals surface area (Å²) in [5.41, 5.74) is 2.53. The van der Waals surface area contributed by atoms with Crippen LogP contribution < -0.4 is 15.4 Å². The van der Waals surface area contributed by atoms with Crippen molar-refractivity contribution in [2.45, 2.75) is 13.3 Å². The van der Waals surface area contributed by atoms with E-state index in [1.165, 1.54) is 12.5 Å². The Morgan fingerprint density at radius 2 is 2.00 bits per heavy atom. The first-order valence-electron chi connectivity index (χ1n) is 8.58. The predicted octanol–water partition coefficient (Wildman–Crippen LogP) is 3.48. The number of hydrogen-bond donors (Lipinski definition) is 2. The number of hydrogen-bond acceptors (Lipinski definition) is 7. The first kappa shape index (κ1) is 18.3. The van der Waals surface area contributed by atoms with Crippen molar-refractivity contribution in [2.24, 2.45) is 0 Å². The lowest BCUT2D eigenvalue weighted by molar-refractivity contribution is 0.101. The Morgan fingerprint density at radius 1 is 1.15 bits per heavy atom. The van der Waals surface area contributed by atoms with E-state index in [4.69, 9.17) is 4.74 Å². The van der Waals surface area contributed by atoms with Gasteiger partial charge < -0.3 is 15.4 Å². The summed E-state index contributed by atoms with van der Waals surface area (Å²) in [5.74, 6) is 1.83. The molecule has 3 rings (SSSR count). The van der Waals surface area contributed by atoms with E-state index in [1.807, 2.05) is 30.3 Å². The Bertz CT molecular complexity index is 930. The van der Waals surface area contributed by atoms with Crippen molar-refractivity contribution in [2.75, 3.05) is 24.3 Å². The maximum Gasteiger partial charge on any atom is 0.249 e. The summed E-state index contributed by atoms with van der Waals surface area (Å²) in [6, 6.07) is 15.1. The lowest BCUT2D eigenvalue weighted by Gasteiger charge is -2.09. The number of benzene rings is 2. The molecular formula is C20H21N5O2. The molecule has 1 aromatic heterocycles. The van der Waals surface area contributed by atoms with Crippen LogP contribution in [0.4, 0.5) is 17.5 Å². The van der Waals surface area contributed by atoms with Crippen LogP contribution >= 0.6 is 0 Å². The zero-order valence-electron chi connectivity index (χ0n) is 15.3. The lowest BCUT2D eigenvalue weighted by Crippen LogP contribution is -2.09. The Labute approximate surface area is 157 Å². The van der Waals surface area contributed by atoms with Crippen molar-refractivity contribution < 1.29 is 9.53 Å². The number of rotatable bonds is 8. The number of nitrogens with zero attached hydrogens (tertiary/aromatic N) is 3. The van der Waals surface area contributed by atoms with Crippen LogP contribution in [0.3, 0.4) is 0 Å². The van der Waals surface area contributed by atoms with Crippen LogP contribution in [-0.4, -0.2) is 34.6 Å². The SMILES string of the molecule is COc1cccc(CCNc2cnnc(Nc3cccc(C(C)=O)c3)n2)c1. The maximum atomic E-state index is 11.5. The molecule has 138 valence electrons. The van der Waals surface area contributed by atoms with E-state index < -0.39 is 0 Å². The second-order valence-electron chi connectivity index (χ2n) is 5.96. The van der Waals surface area contributed by atoms with Gasteiger partial charge in [-0.25, -0.2) is 0 Å². The average molecular weight is 363 g/mol. The molecule has 0 aliphatic heterocycles. The lowest BCUT2D eigenvalue weighted by atomic mass is 10.1. The number of carbonyl (C=O) groups is 1. The summed E-state index contributed by atoms with van der Waals surface area (Å²) in [5, 5.41) is 14.3. The summed E-state index contributed by atoms with van der Waals surface area (Å²) in [7, 11) is 1.66. The minimum absolute atomic E-state index is 0.00523. The molecule has 27 heavy (non-hydrogen) atoms. The highest BCUT2D eigenvalue weighted by Gasteiger charge is 2.04. The third-order valence-corrected chi connectivity index (χ3v) is 3.94. The number of ketones is 1. The van der Waals surface area contributed by atoms with Crippen molar-refractivity contribution in [3.63, 3.8) is 0 Å². The van der Waals surface area contributed by atoms with Gasteiger partial charge in [0.2, 0.25) is 5.95 Å². The largest absolute Gasteiger partial charge is 0.497 e. The first-order valence-corrected chi connectivity index (χ1v) is 8.58. The van der Waals surface area contributed by atoms with Gasteiger partial charge in [-0.05, 0) is 43.2 Å². The van der Waals surface area contributed by atoms with Crippen LogP contribution in [0.15, 0.2) is 54.7 Å². The van der Waals surface area contributed by atoms with Gasteiger partial charge in [-0.15, -0.1) is 5.10 Å². The summed E-state index contributed by atoms with van der Waals surface area (Å²) >= 11 is 0. The monoisotopic (exact) mass is 363 g/mol. The van der Waals surface area contributed by atoms with Crippen LogP contribution in [0, 0.1) is 0 Å². The van der Waals surface area contributed by atoms with Gasteiger partial charge in [0.15, 0.2) is 11.6 Å². The van der Waals surface area contributed by atoms with E-state index >= 15 is 0 Å². The van der Waals surface area contributed by atoms with Crippen molar-refractivity contribution in [3.8, 4) is 5.75 Å². The second-order valence-corrected chi connectivity index (χ2v) is 5.96. The molecule has 0 unspecified atom stereocenters. The van der Waals surface area contributed by atoms with Gasteiger partial charge in [-0.1, -0.05) is 24.3 Å². The number of carbonyl (C=O) groups excluding carboxylic acids is 1. The van der Waals surface area contributed by atoms with Crippen molar-refractivity contribution in [1.29, 1.82) is 0 Å². The molecule has 0 aliphatic rings. The molecule has 1 heterocycles. The number of Topliss-reactive ketones (excluding diaryl/α,β-unsaturated/α-hetero) is 1. The van der Waals surface area contributed by atoms with Crippen LogP contribution in [0.5, 0.6) is 5.75 Å². The number of anilines is 3. The van der Waals surface area contributed by atoms with Crippen molar-refractivity contribution >= 4 is 23.2 Å². The van der Waals surface area contributed by atoms with Crippen LogP contribution in [0.1, 0.15) is 22.8 Å². The molecule has 7 nitrogen and oxygen atoms in total. The molecule has 0 radical (unpaired) electrons. The molecule has 0 aliphatic carbocycles. The molecule has 2 aromatic carbocycles. The highest BCUT2D eigenvalue weighted by molar-refractivity contribution is 5.95. The average Bonchev–Trinajstić information content (AvgIpc) is 2.69. The standard InChI is InChI=1S/C20H21N5O2/c1-14(26)16-6-4-7-17(12-16)23-20-24-19(13-22-25-20)21-10-9-15-5-3-8-18(11-15)27-2/h3-8,11-13H,9-10H2,1-2H3,(H2,21,23,24,25). The minimum atomic E-state index is 0.00523. The second kappa shape index (κ2) is 8.75. The number of nitrogens with one attached hydrogen (secondary N) is 2. The highest BCUT2D eigenvalue weighted by atomic mass is 16.5. The van der Waals surface area contributed by atoms with Gasteiger partial charge in [-0.2, -0.15) is 10.1 Å². The quantitative estimate of drug-likeness (QED) is 0.592. The minimum Gasteiger partial charge on any atom is -0.497 e. The molecule has 0 spiro atoms. The fraction of sp³-hybridized carbons (Fsp3) is 0.200. The van der Waals surface area contributed by atoms with Gasteiger partial charge in [0.25, 0.3) is 0 Å². The van der Waals surface area contributed by atoms with Crippen LogP contribution in [0.25, 0.3) is 0 Å². The number of ether oxygens (including phenoxy) is 1. The predicted molar refractivity (Wildman–Crippen MR) is 105 cm³/mol. The third-order valence-electron chi connectivity index (χ3n) is 3.94. The fourth-order valence-electron chi connectivity index (χ4n) is 2.55. The van der Waals surface area contributed by atoms with Gasteiger partial charge >= 0.3 is 0 Å². The Balaban J connectivity index is 1.60. The molecule has 0 saturated heterocycles. The molecule has 0 saturated carbocycles. The van der Waals surface area contributed by atoms with E-state index in [1.54, 1.807) is 25.4 Å². The normalized spacial score (nSPS) is 10.3. The summed E-state index contributed by atoms with van der Waals surface area (Å²) in [6.45, 7) is 2.23. The molecule has 0 fully saturated rings. The molecule has 0 bridgehead atoms. The Morgan fingerprint density at radius 3 is 2.81 bits per heavy atom. The van der Waals surface area contributed by atoms with E-state index in [9.17, 15) is 4.79 Å². The molecule has 0 atom stereocenters. The smallest absolute Gasteiger partial charge is 0.249 e. The molecule has 2 N–H and O–H groups in total. The van der Waals surface area contributed by atoms with Gasteiger partial charge in [0, 0.05) is 17.8 Å². The van der Waals surface area contributed by atoms with Crippen molar-refractivity contribution in [3.05, 3.63) is 65.9 Å². The first-order chi connectivity index (χ1) is 13.1. The molecule has 7 heteroatoms. The topological polar surface area (TPSA) is 89.0 Å². The number of methoxy groups -OCH3 is 1. The summed E-state index contributed by atoms with van der Waals surface area (Å²) in [6.07, 6.45) is 2.40. The summed E-state index contributed by atoms with van der Waals surface area (Å²) in [4.78, 5) is 15.9. The zero-order chi connectivity index (χ0) is 19.1. The van der Waals surface area contributed by atoms with Crippen LogP contribution in [-0.2, 0) is 6.42 Å². The zero-order valence-corrected chi connectivity index (χ0v) is 15.3. The fourth-order valence-corrected chi connectivity index (χ4v) is 2.55. The van der Waals surface area contributed by atoms with E-state index in [0.29, 0.717) is 23.9 Å². The highest BCUT2D eigenvalue weighted by Crippen LogP contribution is 2.16. The Kier molecular flexibility index (Phi) is 5.94. The van der Waals surface area contributed by atoms with Gasteiger partial charge in [0.05, 0.1) is 13.3 Å². The van der Waals surface area contributed by atoms with E-state index in [2.05, 4.69) is 31.9 Å². The van der Waals surface area contributed by atoms with Crippen molar-refractivity contribution in [1.82, 2.24) is 15.2 Å². The van der Waals surface area contributed by atoms with Gasteiger partial charge in [-0.3, -0.25) is 4.79 Å². The number of aromatic nitrogens is 3. The molecule has 3 aromatic rings. The maximum absolute atomic E-state index is 11.5. The molecular weight excluding hydrogens is 342 g/mol. The summed E-state index contributed by atoms with van der Waals surface area (Å²) < 4.78 is 5.23.